The summed E-state index contributed by atoms with van der Waals surface area (Å²) in [4.78, 5) is 64.6. The first kappa shape index (κ1) is 72.7. The van der Waals surface area contributed by atoms with Crippen LogP contribution in [0.5, 0.6) is 0 Å². The minimum Gasteiger partial charge on any atom is -0.480 e. The van der Waals surface area contributed by atoms with E-state index in [0.717, 1.165) is 80.3 Å². The summed E-state index contributed by atoms with van der Waals surface area (Å²) in [6, 6.07) is 67.0. The highest BCUT2D eigenvalue weighted by Crippen LogP contribution is 2.42. The molecule has 0 saturated carbocycles. The number of aliphatic carboxylic acids is 1. The highest BCUT2D eigenvalue weighted by molar-refractivity contribution is 5.83. The molecule has 2 N–H and O–H groups in total. The number of rotatable bonds is 22. The molecule has 4 aliphatic rings. The van der Waals surface area contributed by atoms with E-state index < -0.39 is 5.97 Å². The van der Waals surface area contributed by atoms with E-state index in [9.17, 15) is 24.6 Å². The summed E-state index contributed by atoms with van der Waals surface area (Å²) in [5.41, 5.74) is 19.2. The number of carbonyl (C=O) groups excluding carboxylic acids is 4. The van der Waals surface area contributed by atoms with Crippen LogP contribution in [0.1, 0.15) is 158 Å². The Balaban J connectivity index is 0.000000163. The minimum absolute atomic E-state index is 0.00700. The standard InChI is InChI=1S/C23H27N2O.C21H24N2O.C20H25NO.C19H19NO2.CO2/c1-4-24(5-2)23(26)17-25(16-19-9-7-6-8-10-19)21-13-14-22-18(3)11-12-20(22)15-21;1-16-9-10-18-13-19(11-12-20(16)18)23(15-21(24)22(2)3)14-17-7-5-4-6-8-17;1-3-11-21(14-16-7-5-4-6-8-16)17-9-10-18-15(2)12-20(22)19(18)13-17;1-14-7-8-16-11-17(9-10-18(14)16)20(13-19(21)22)12-15-5-3-2-4-6-15;2-1-3/h6-10,12-15,18H,4-5,16-17H2,1-3H3;4-13,16H,14-15H2,1-3H3;4-10,13,15,20,22H,3,11-12,14H2,1-2H3;2-11,14H,12-13H2,1H3,(H,21,22);/q+1;;;;. The van der Waals surface area contributed by atoms with Gasteiger partial charge in [-0.15, -0.1) is 0 Å². The number of benzene rings is 8. The second-order valence-corrected chi connectivity index (χ2v) is 25.5. The zero-order valence-corrected chi connectivity index (χ0v) is 57.9. The first-order chi connectivity index (χ1) is 46.9. The van der Waals surface area contributed by atoms with Gasteiger partial charge in [0.1, 0.15) is 18.0 Å². The number of fused-ring (bicyclic) bond motifs is 4. The molecule has 0 heterocycles. The maximum absolute atomic E-state index is 12.7. The number of hydrogen-bond acceptors (Lipinski definition) is 10. The largest absolute Gasteiger partial charge is 0.480 e. The molecule has 13 heteroatoms. The number of aliphatic hydroxyl groups is 1. The number of hydrogen-bond donors (Lipinski definition) is 2. The molecule has 12 rings (SSSR count). The van der Waals surface area contributed by atoms with Crippen molar-refractivity contribution in [2.45, 2.75) is 117 Å². The molecule has 2 amide bonds. The molecule has 5 atom stereocenters. The van der Waals surface area contributed by atoms with Gasteiger partial charge in [-0.25, -0.2) is 0 Å². The lowest BCUT2D eigenvalue weighted by atomic mass is 10.0. The third-order valence-electron chi connectivity index (χ3n) is 18.2. The molecule has 13 nitrogen and oxygen atoms in total. The molecule has 4 aliphatic carbocycles. The van der Waals surface area contributed by atoms with Gasteiger partial charge in [0, 0.05) is 77.0 Å². The van der Waals surface area contributed by atoms with Gasteiger partial charge in [0.25, 0.3) is 0 Å². The van der Waals surface area contributed by atoms with Crippen molar-refractivity contribution in [1.82, 2.24) is 9.80 Å². The molecule has 502 valence electrons. The molecular weight excluding hydrogens is 1200 g/mol. The number of allylic oxidation sites excluding steroid dienone is 3. The third-order valence-corrected chi connectivity index (χ3v) is 18.2. The maximum Gasteiger partial charge on any atom is 0.373 e. The lowest BCUT2D eigenvalue weighted by Crippen LogP contribution is -2.40. The van der Waals surface area contributed by atoms with Crippen molar-refractivity contribution < 1.29 is 34.2 Å². The average molecular weight is 1300 g/mol. The number of carboxylic acid groups (broad SMARTS) is 1. The first-order valence-electron chi connectivity index (χ1n) is 33.9. The number of likely N-dealkylation sites (N-methyl/N-ethyl adjacent to an activating group) is 2. The molecule has 0 radical (unpaired) electrons. The molecule has 8 aromatic carbocycles. The van der Waals surface area contributed by atoms with E-state index in [2.05, 4.69) is 207 Å². The Morgan fingerprint density at radius 1 is 0.474 bits per heavy atom. The van der Waals surface area contributed by atoms with E-state index in [1.807, 2.05) is 96.4 Å². The zero-order valence-electron chi connectivity index (χ0n) is 57.9. The van der Waals surface area contributed by atoms with Crippen molar-refractivity contribution >= 4 is 64.9 Å². The second-order valence-electron chi connectivity index (χ2n) is 25.5. The van der Waals surface area contributed by atoms with Gasteiger partial charge < -0.3 is 39.6 Å². The van der Waals surface area contributed by atoms with Gasteiger partial charge in [-0.3, -0.25) is 14.4 Å². The van der Waals surface area contributed by atoms with Crippen LogP contribution in [-0.2, 0) is 50.2 Å². The maximum atomic E-state index is 12.7. The van der Waals surface area contributed by atoms with E-state index in [0.29, 0.717) is 43.3 Å². The van der Waals surface area contributed by atoms with Crippen LogP contribution in [0, 0.1) is 6.08 Å². The van der Waals surface area contributed by atoms with Gasteiger partial charge in [-0.1, -0.05) is 192 Å². The van der Waals surface area contributed by atoms with Crippen LogP contribution in [0.25, 0.3) is 18.2 Å². The monoisotopic (exact) mass is 1300 g/mol. The van der Waals surface area contributed by atoms with Crippen LogP contribution in [0.3, 0.4) is 0 Å². The average Bonchev–Trinajstić information content (AvgIpc) is 1.72. The number of carbonyl (C=O) groups is 3. The Bertz CT molecular complexity index is 3980. The summed E-state index contributed by atoms with van der Waals surface area (Å²) in [6.07, 6.45) is 16.0. The van der Waals surface area contributed by atoms with Gasteiger partial charge >= 0.3 is 12.1 Å². The van der Waals surface area contributed by atoms with Crippen molar-refractivity contribution in [2.75, 3.05) is 73.0 Å². The quantitative estimate of drug-likeness (QED) is 0.0626. The third kappa shape index (κ3) is 20.4. The first-order valence-corrected chi connectivity index (χ1v) is 33.9. The van der Waals surface area contributed by atoms with Crippen LogP contribution in [0.15, 0.2) is 206 Å². The Hall–Kier alpha value is -10.2. The smallest absolute Gasteiger partial charge is 0.373 e. The van der Waals surface area contributed by atoms with E-state index in [1.54, 1.807) is 19.0 Å². The molecule has 0 saturated heterocycles. The molecule has 97 heavy (non-hydrogen) atoms. The predicted molar refractivity (Wildman–Crippen MR) is 394 cm³/mol. The summed E-state index contributed by atoms with van der Waals surface area (Å²) in [5.74, 6) is 1.18. The van der Waals surface area contributed by atoms with Gasteiger partial charge in [-0.05, 0) is 156 Å². The van der Waals surface area contributed by atoms with Crippen molar-refractivity contribution in [3.63, 3.8) is 0 Å². The fraction of sp³-hybridized carbons (Fsp3) is 0.310. The van der Waals surface area contributed by atoms with Crippen LogP contribution in [0.2, 0.25) is 0 Å². The summed E-state index contributed by atoms with van der Waals surface area (Å²) in [7, 11) is 3.60. The highest BCUT2D eigenvalue weighted by atomic mass is 16.4. The number of amides is 2. The van der Waals surface area contributed by atoms with E-state index in [4.69, 9.17) is 9.59 Å². The summed E-state index contributed by atoms with van der Waals surface area (Å²) in [6.45, 7) is 21.2. The van der Waals surface area contributed by atoms with E-state index >= 15 is 0 Å². The van der Waals surface area contributed by atoms with E-state index in [-0.39, 0.29) is 30.6 Å². The predicted octanol–water partition coefficient (Wildman–Crippen LogP) is 16.4. The molecule has 8 aromatic rings. The molecule has 0 aliphatic heterocycles. The minimum atomic E-state index is -0.819. The van der Waals surface area contributed by atoms with Crippen LogP contribution in [0.4, 0.5) is 22.7 Å². The SMILES string of the molecule is CC1C=Cc2cc(N(CC(=O)N(C)C)Cc3ccccc3)ccc21.CC1C=Cc2cc(N(CC(=O)O)Cc3ccccc3)ccc21.CCCN(Cc1ccccc1)c1ccc2c(c1)C(O)CC2C.CCN(CC)C(=O)CN(Cc1ccccc1)c1ccc2c(c1)C=[C+]C2C.O=C=O. The molecule has 0 bridgehead atoms. The summed E-state index contributed by atoms with van der Waals surface area (Å²) >= 11 is 0. The van der Waals surface area contributed by atoms with Gasteiger partial charge in [0.15, 0.2) is 6.08 Å². The normalized spacial score (nSPS) is 15.8. The molecule has 5 unspecified atom stereocenters. The van der Waals surface area contributed by atoms with Crippen LogP contribution in [-0.4, -0.2) is 97.3 Å². The van der Waals surface area contributed by atoms with Crippen molar-refractivity contribution in [1.29, 1.82) is 0 Å². The summed E-state index contributed by atoms with van der Waals surface area (Å²) in [5, 5.41) is 19.5. The van der Waals surface area contributed by atoms with Crippen molar-refractivity contribution in [3.05, 3.63) is 279 Å². The molecule has 0 aromatic heterocycles. The molecular formula is C84H95N6O7+. The van der Waals surface area contributed by atoms with Crippen LogP contribution >= 0.6 is 0 Å². The lowest BCUT2D eigenvalue weighted by Gasteiger charge is -2.27. The van der Waals surface area contributed by atoms with E-state index in [1.165, 1.54) is 61.3 Å². The lowest BCUT2D eigenvalue weighted by molar-refractivity contribution is -0.191. The highest BCUT2D eigenvalue weighted by Gasteiger charge is 2.29. The van der Waals surface area contributed by atoms with Crippen LogP contribution < -0.4 is 19.6 Å². The zero-order chi connectivity index (χ0) is 69.4. The number of anilines is 4. The molecule has 0 fully saturated rings. The Morgan fingerprint density at radius 3 is 1.27 bits per heavy atom. The second kappa shape index (κ2) is 36.1. The topological polar surface area (TPSA) is 145 Å². The fourth-order valence-electron chi connectivity index (χ4n) is 12.8. The fourth-order valence-corrected chi connectivity index (χ4v) is 12.8. The number of aliphatic hydroxyl groups excluding tert-OH is 1. The van der Waals surface area contributed by atoms with Crippen molar-refractivity contribution in [2.24, 2.45) is 0 Å². The number of nitrogens with zero attached hydrogens (tertiary/aromatic N) is 6. The van der Waals surface area contributed by atoms with Gasteiger partial charge in [-0.2, -0.15) is 9.59 Å². The van der Waals surface area contributed by atoms with Gasteiger partial charge in [0.2, 0.25) is 11.8 Å². The Labute approximate surface area is 575 Å². The molecule has 0 spiro atoms. The summed E-state index contributed by atoms with van der Waals surface area (Å²) < 4.78 is 0. The van der Waals surface area contributed by atoms with Crippen molar-refractivity contribution in [3.8, 4) is 0 Å². The number of carboxylic acids is 1. The Morgan fingerprint density at radius 2 is 0.856 bits per heavy atom. The van der Waals surface area contributed by atoms with Gasteiger partial charge in [0.05, 0.1) is 42.6 Å². The Kier molecular flexibility index (Phi) is 27.0.